The number of methoxy groups -OCH3 is 1. The highest BCUT2D eigenvalue weighted by Crippen LogP contribution is 2.28. The van der Waals surface area contributed by atoms with Gasteiger partial charge in [0.2, 0.25) is 0 Å². The van der Waals surface area contributed by atoms with Crippen molar-refractivity contribution in [1.82, 2.24) is 9.78 Å². The van der Waals surface area contributed by atoms with Gasteiger partial charge in [0.1, 0.15) is 5.75 Å². The number of nitrogens with one attached hydrogen (secondary N) is 1. The Bertz CT molecular complexity index is 998. The molecule has 0 saturated heterocycles. The van der Waals surface area contributed by atoms with Crippen molar-refractivity contribution >= 4 is 34.0 Å². The number of carbonyl (C=O) groups is 1. The van der Waals surface area contributed by atoms with E-state index in [-0.39, 0.29) is 11.3 Å². The summed E-state index contributed by atoms with van der Waals surface area (Å²) in [4.78, 5) is 24.8. The number of aromatic nitrogens is 2. The quantitative estimate of drug-likeness (QED) is 0.793. The van der Waals surface area contributed by atoms with Gasteiger partial charge in [0.15, 0.2) is 5.69 Å². The predicted molar refractivity (Wildman–Crippen MR) is 92.9 cm³/mol. The predicted octanol–water partition coefficient (Wildman–Crippen LogP) is 2.85. The van der Waals surface area contributed by atoms with Crippen LogP contribution in [0.3, 0.4) is 0 Å². The third kappa shape index (κ3) is 2.83. The molecule has 0 radical (unpaired) electrons. The van der Waals surface area contributed by atoms with Gasteiger partial charge in [-0.25, -0.2) is 4.68 Å². The van der Waals surface area contributed by atoms with Crippen LogP contribution in [0.5, 0.6) is 5.75 Å². The van der Waals surface area contributed by atoms with Gasteiger partial charge in [-0.2, -0.15) is 5.10 Å². The van der Waals surface area contributed by atoms with Gasteiger partial charge < -0.3 is 10.1 Å². The van der Waals surface area contributed by atoms with Gasteiger partial charge in [0, 0.05) is 17.5 Å². The van der Waals surface area contributed by atoms with Crippen molar-refractivity contribution < 1.29 is 9.53 Å². The van der Waals surface area contributed by atoms with Crippen molar-refractivity contribution in [3.05, 3.63) is 63.5 Å². The third-order valence-corrected chi connectivity index (χ3v) is 3.82. The van der Waals surface area contributed by atoms with Gasteiger partial charge in [-0.1, -0.05) is 29.8 Å². The number of hydrogen-bond acceptors (Lipinski definition) is 4. The van der Waals surface area contributed by atoms with Crippen LogP contribution in [0.1, 0.15) is 10.5 Å². The van der Waals surface area contributed by atoms with E-state index in [0.29, 0.717) is 27.2 Å². The minimum atomic E-state index is -0.456. The summed E-state index contributed by atoms with van der Waals surface area (Å²) in [6.07, 6.45) is 0. The molecule has 6 nitrogen and oxygen atoms in total. The Morgan fingerprint density at radius 1 is 1.21 bits per heavy atom. The molecule has 3 rings (SSSR count). The first-order valence-electron chi connectivity index (χ1n) is 7.12. The van der Waals surface area contributed by atoms with Crippen molar-refractivity contribution in [3.8, 4) is 5.75 Å². The number of amides is 1. The number of fused-ring (bicyclic) bond motifs is 1. The Morgan fingerprint density at radius 3 is 2.62 bits per heavy atom. The average Bonchev–Trinajstić information content (AvgIpc) is 2.58. The first-order valence-corrected chi connectivity index (χ1v) is 7.50. The normalized spacial score (nSPS) is 10.6. The maximum absolute atomic E-state index is 12.7. The van der Waals surface area contributed by atoms with E-state index in [0.717, 1.165) is 4.68 Å². The number of carbonyl (C=O) groups excluding carboxylic acids is 1. The smallest absolute Gasteiger partial charge is 0.276 e. The summed E-state index contributed by atoms with van der Waals surface area (Å²) in [5.41, 5.74) is 0.312. The van der Waals surface area contributed by atoms with Gasteiger partial charge >= 0.3 is 0 Å². The van der Waals surface area contributed by atoms with Crippen LogP contribution in [0.2, 0.25) is 5.02 Å². The molecule has 0 fully saturated rings. The summed E-state index contributed by atoms with van der Waals surface area (Å²) >= 11 is 5.98. The van der Waals surface area contributed by atoms with E-state index in [1.807, 2.05) is 0 Å². The molecule has 122 valence electrons. The average molecular weight is 344 g/mol. The van der Waals surface area contributed by atoms with Crippen LogP contribution in [0.15, 0.2) is 47.3 Å². The molecule has 0 spiro atoms. The molecule has 0 aliphatic rings. The molecule has 0 aliphatic carbocycles. The van der Waals surface area contributed by atoms with Crippen LogP contribution in [0, 0.1) is 0 Å². The van der Waals surface area contributed by atoms with E-state index >= 15 is 0 Å². The van der Waals surface area contributed by atoms with Crippen molar-refractivity contribution in [2.45, 2.75) is 0 Å². The molecule has 1 amide bonds. The number of aryl methyl sites for hydroxylation is 1. The number of anilines is 1. The lowest BCUT2D eigenvalue weighted by atomic mass is 10.1. The maximum Gasteiger partial charge on any atom is 0.276 e. The standard InChI is InChI=1S/C17H14ClN3O3/c1-21-17(23)12-6-4-3-5-11(12)15(20-21)16(22)19-13-9-10(18)7-8-14(13)24-2/h3-9H,1-2H3,(H,19,22). The van der Waals surface area contributed by atoms with Crippen LogP contribution in [0.4, 0.5) is 5.69 Å². The Morgan fingerprint density at radius 2 is 1.92 bits per heavy atom. The van der Waals surface area contributed by atoms with E-state index in [9.17, 15) is 9.59 Å². The summed E-state index contributed by atoms with van der Waals surface area (Å²) in [6.45, 7) is 0. The van der Waals surface area contributed by atoms with Gasteiger partial charge in [-0.15, -0.1) is 0 Å². The molecule has 3 aromatic rings. The molecule has 1 heterocycles. The molecule has 0 bridgehead atoms. The second-order valence-electron chi connectivity index (χ2n) is 5.12. The molecule has 1 N–H and O–H groups in total. The van der Waals surface area contributed by atoms with Crippen LogP contribution >= 0.6 is 11.6 Å². The summed E-state index contributed by atoms with van der Waals surface area (Å²) in [7, 11) is 3.00. The van der Waals surface area contributed by atoms with E-state index in [4.69, 9.17) is 16.3 Å². The Kier molecular flexibility index (Phi) is 4.22. The molecule has 24 heavy (non-hydrogen) atoms. The number of rotatable bonds is 3. The van der Waals surface area contributed by atoms with E-state index in [1.54, 1.807) is 42.5 Å². The van der Waals surface area contributed by atoms with E-state index in [2.05, 4.69) is 10.4 Å². The Labute approximate surface area is 142 Å². The topological polar surface area (TPSA) is 73.2 Å². The highest BCUT2D eigenvalue weighted by molar-refractivity contribution is 6.31. The highest BCUT2D eigenvalue weighted by Gasteiger charge is 2.17. The first-order chi connectivity index (χ1) is 11.5. The highest BCUT2D eigenvalue weighted by atomic mass is 35.5. The molecule has 0 aliphatic heterocycles. The Balaban J connectivity index is 2.09. The lowest BCUT2D eigenvalue weighted by Gasteiger charge is -2.12. The molecule has 7 heteroatoms. The summed E-state index contributed by atoms with van der Waals surface area (Å²) in [5, 5.41) is 8.20. The summed E-state index contributed by atoms with van der Waals surface area (Å²) in [5.74, 6) is 0.0178. The number of benzene rings is 2. The van der Waals surface area contributed by atoms with Gasteiger partial charge in [0.25, 0.3) is 11.5 Å². The van der Waals surface area contributed by atoms with Crippen molar-refractivity contribution in [2.75, 3.05) is 12.4 Å². The van der Waals surface area contributed by atoms with Crippen molar-refractivity contribution in [1.29, 1.82) is 0 Å². The monoisotopic (exact) mass is 343 g/mol. The van der Waals surface area contributed by atoms with Crippen molar-refractivity contribution in [3.63, 3.8) is 0 Å². The second kappa shape index (κ2) is 6.33. The number of nitrogens with zero attached hydrogens (tertiary/aromatic N) is 2. The lowest BCUT2D eigenvalue weighted by Crippen LogP contribution is -2.25. The SMILES string of the molecule is COc1ccc(Cl)cc1NC(=O)c1nn(C)c(=O)c2ccccc12. The summed E-state index contributed by atoms with van der Waals surface area (Å²) in [6, 6.07) is 11.7. The fraction of sp³-hybridized carbons (Fsp3) is 0.118. The van der Waals surface area contributed by atoms with E-state index < -0.39 is 5.91 Å². The maximum atomic E-state index is 12.7. The van der Waals surface area contributed by atoms with Crippen LogP contribution in [-0.2, 0) is 7.05 Å². The largest absolute Gasteiger partial charge is 0.495 e. The van der Waals surface area contributed by atoms with Crippen LogP contribution in [-0.4, -0.2) is 22.8 Å². The zero-order chi connectivity index (χ0) is 17.3. The van der Waals surface area contributed by atoms with Gasteiger partial charge in [-0.05, 0) is 24.3 Å². The fourth-order valence-corrected chi connectivity index (χ4v) is 2.60. The number of halogens is 1. The van der Waals surface area contributed by atoms with E-state index in [1.165, 1.54) is 14.2 Å². The zero-order valence-corrected chi connectivity index (χ0v) is 13.8. The summed E-state index contributed by atoms with van der Waals surface area (Å²) < 4.78 is 6.36. The minimum Gasteiger partial charge on any atom is -0.495 e. The number of hydrogen-bond donors (Lipinski definition) is 1. The van der Waals surface area contributed by atoms with Gasteiger partial charge in [-0.3, -0.25) is 9.59 Å². The molecule has 0 saturated carbocycles. The van der Waals surface area contributed by atoms with Crippen LogP contribution in [0.25, 0.3) is 10.8 Å². The van der Waals surface area contributed by atoms with Crippen molar-refractivity contribution in [2.24, 2.45) is 7.05 Å². The zero-order valence-electron chi connectivity index (χ0n) is 13.0. The molecule has 1 aromatic heterocycles. The minimum absolute atomic E-state index is 0.148. The molecular formula is C17H14ClN3O3. The third-order valence-electron chi connectivity index (χ3n) is 3.58. The molecule has 0 unspecified atom stereocenters. The fourth-order valence-electron chi connectivity index (χ4n) is 2.43. The van der Waals surface area contributed by atoms with Gasteiger partial charge in [0.05, 0.1) is 18.2 Å². The molecule has 0 atom stereocenters. The van der Waals surface area contributed by atoms with Crippen LogP contribution < -0.4 is 15.6 Å². The molecular weight excluding hydrogens is 330 g/mol. The second-order valence-corrected chi connectivity index (χ2v) is 5.56. The number of ether oxygens (including phenoxy) is 1. The first kappa shape index (κ1) is 16.0. The lowest BCUT2D eigenvalue weighted by molar-refractivity contribution is 0.102. The molecule has 2 aromatic carbocycles. The Hall–Kier alpha value is -2.86.